The topological polar surface area (TPSA) is 67.2 Å². The lowest BCUT2D eigenvalue weighted by Crippen LogP contribution is -2.28. The lowest BCUT2D eigenvalue weighted by molar-refractivity contribution is -0.384. The van der Waals surface area contributed by atoms with E-state index in [1.54, 1.807) is 6.07 Å². The highest BCUT2D eigenvalue weighted by molar-refractivity contribution is 9.10. The van der Waals surface area contributed by atoms with Crippen molar-refractivity contribution in [1.29, 1.82) is 0 Å². The van der Waals surface area contributed by atoms with Gasteiger partial charge in [0.2, 0.25) is 0 Å². The van der Waals surface area contributed by atoms with Crippen LogP contribution < -0.4 is 10.6 Å². The highest BCUT2D eigenvalue weighted by Crippen LogP contribution is 2.28. The van der Waals surface area contributed by atoms with E-state index in [0.29, 0.717) is 5.69 Å². The quantitative estimate of drug-likeness (QED) is 0.644. The molecule has 0 bridgehead atoms. The number of piperidine rings is 1. The first-order valence-electron chi connectivity index (χ1n) is 6.55. The Morgan fingerprint density at radius 3 is 2.84 bits per heavy atom. The molecule has 0 aromatic heterocycles. The fourth-order valence-corrected chi connectivity index (χ4v) is 2.74. The Hall–Kier alpha value is -1.14. The number of nitro benzene ring substituents is 1. The molecule has 0 atom stereocenters. The molecule has 19 heavy (non-hydrogen) atoms. The van der Waals surface area contributed by atoms with Crippen molar-refractivity contribution in [2.24, 2.45) is 5.92 Å². The molecule has 0 unspecified atom stereocenters. The lowest BCUT2D eigenvalue weighted by atomic mass is 9.95. The summed E-state index contributed by atoms with van der Waals surface area (Å²) in [7, 11) is 0. The van der Waals surface area contributed by atoms with E-state index >= 15 is 0 Å². The van der Waals surface area contributed by atoms with Crippen LogP contribution in [0.5, 0.6) is 0 Å². The van der Waals surface area contributed by atoms with E-state index in [1.165, 1.54) is 18.9 Å². The summed E-state index contributed by atoms with van der Waals surface area (Å²) < 4.78 is 0.725. The van der Waals surface area contributed by atoms with Gasteiger partial charge in [0, 0.05) is 17.1 Å². The smallest absolute Gasteiger partial charge is 0.293 e. The lowest BCUT2D eigenvalue weighted by Gasteiger charge is -2.22. The van der Waals surface area contributed by atoms with Gasteiger partial charge in [-0.2, -0.15) is 0 Å². The van der Waals surface area contributed by atoms with Crippen LogP contribution in [0.4, 0.5) is 11.4 Å². The van der Waals surface area contributed by atoms with Crippen LogP contribution in [0.15, 0.2) is 22.7 Å². The molecule has 5 nitrogen and oxygen atoms in total. The highest BCUT2D eigenvalue weighted by atomic mass is 79.9. The van der Waals surface area contributed by atoms with Crippen molar-refractivity contribution < 1.29 is 4.92 Å². The van der Waals surface area contributed by atoms with Gasteiger partial charge in [-0.3, -0.25) is 10.1 Å². The molecular weight excluding hydrogens is 310 g/mol. The maximum atomic E-state index is 11.0. The summed E-state index contributed by atoms with van der Waals surface area (Å²) in [5.41, 5.74) is 0.724. The third kappa shape index (κ3) is 4.18. The Kier molecular flexibility index (Phi) is 5.15. The van der Waals surface area contributed by atoms with E-state index in [-0.39, 0.29) is 10.6 Å². The van der Waals surface area contributed by atoms with E-state index in [2.05, 4.69) is 26.6 Å². The SMILES string of the molecule is O=[N+]([O-])c1cc(Br)ccc1NCCC1CCNCC1. The van der Waals surface area contributed by atoms with Crippen LogP contribution in [-0.2, 0) is 0 Å². The maximum Gasteiger partial charge on any atom is 0.293 e. The number of nitrogens with zero attached hydrogens (tertiary/aromatic N) is 1. The number of nitro groups is 1. The number of nitrogens with one attached hydrogen (secondary N) is 2. The molecule has 1 aromatic carbocycles. The van der Waals surface area contributed by atoms with Gasteiger partial charge in [-0.25, -0.2) is 0 Å². The van der Waals surface area contributed by atoms with E-state index in [4.69, 9.17) is 0 Å². The fraction of sp³-hybridized carbons (Fsp3) is 0.538. The first-order chi connectivity index (χ1) is 9.16. The molecule has 1 fully saturated rings. The monoisotopic (exact) mass is 327 g/mol. The average Bonchev–Trinajstić information content (AvgIpc) is 2.41. The number of rotatable bonds is 5. The predicted molar refractivity (Wildman–Crippen MR) is 79.5 cm³/mol. The van der Waals surface area contributed by atoms with Gasteiger partial charge in [-0.1, -0.05) is 15.9 Å². The van der Waals surface area contributed by atoms with Crippen LogP contribution in [-0.4, -0.2) is 24.6 Å². The summed E-state index contributed by atoms with van der Waals surface area (Å²) in [6, 6.07) is 5.11. The summed E-state index contributed by atoms with van der Waals surface area (Å²) in [6.07, 6.45) is 3.46. The minimum atomic E-state index is -0.350. The number of hydrogen-bond acceptors (Lipinski definition) is 4. The van der Waals surface area contributed by atoms with Crippen LogP contribution in [0, 0.1) is 16.0 Å². The van der Waals surface area contributed by atoms with Crippen molar-refractivity contribution in [2.75, 3.05) is 25.0 Å². The Morgan fingerprint density at radius 2 is 2.16 bits per heavy atom. The third-order valence-electron chi connectivity index (χ3n) is 3.48. The minimum Gasteiger partial charge on any atom is -0.379 e. The molecule has 6 heteroatoms. The molecule has 2 rings (SSSR count). The molecule has 1 heterocycles. The van der Waals surface area contributed by atoms with E-state index in [0.717, 1.165) is 36.4 Å². The van der Waals surface area contributed by atoms with Crippen molar-refractivity contribution in [2.45, 2.75) is 19.3 Å². The van der Waals surface area contributed by atoms with Crippen LogP contribution >= 0.6 is 15.9 Å². The zero-order chi connectivity index (χ0) is 13.7. The second kappa shape index (κ2) is 6.86. The number of halogens is 1. The van der Waals surface area contributed by atoms with Crippen LogP contribution in [0.3, 0.4) is 0 Å². The summed E-state index contributed by atoms with van der Waals surface area (Å²) in [5, 5.41) is 17.5. The minimum absolute atomic E-state index is 0.125. The molecule has 0 aliphatic carbocycles. The largest absolute Gasteiger partial charge is 0.379 e. The number of hydrogen-bond donors (Lipinski definition) is 2. The molecule has 0 amide bonds. The summed E-state index contributed by atoms with van der Waals surface area (Å²) >= 11 is 3.26. The van der Waals surface area contributed by atoms with E-state index < -0.39 is 0 Å². The molecule has 0 spiro atoms. The van der Waals surface area contributed by atoms with Gasteiger partial charge < -0.3 is 10.6 Å². The predicted octanol–water partition coefficient (Wildman–Crippen LogP) is 3.16. The van der Waals surface area contributed by atoms with E-state index in [9.17, 15) is 10.1 Å². The first-order valence-corrected chi connectivity index (χ1v) is 7.34. The normalized spacial score (nSPS) is 16.3. The summed E-state index contributed by atoms with van der Waals surface area (Å²) in [4.78, 5) is 10.6. The van der Waals surface area contributed by atoms with Crippen LogP contribution in [0.2, 0.25) is 0 Å². The molecule has 1 saturated heterocycles. The second-order valence-electron chi connectivity index (χ2n) is 4.83. The molecular formula is C13H18BrN3O2. The Balaban J connectivity index is 1.89. The van der Waals surface area contributed by atoms with Gasteiger partial charge in [0.1, 0.15) is 5.69 Å². The molecule has 104 valence electrons. The van der Waals surface area contributed by atoms with Gasteiger partial charge >= 0.3 is 0 Å². The van der Waals surface area contributed by atoms with E-state index in [1.807, 2.05) is 6.07 Å². The Bertz CT molecular complexity index is 448. The molecule has 1 aliphatic rings. The van der Waals surface area contributed by atoms with Gasteiger partial charge in [-0.15, -0.1) is 0 Å². The molecule has 2 N–H and O–H groups in total. The van der Waals surface area contributed by atoms with Crippen molar-refractivity contribution >= 4 is 27.3 Å². The standard InChI is InChI=1S/C13H18BrN3O2/c14-11-1-2-12(13(9-11)17(18)19)16-8-5-10-3-6-15-7-4-10/h1-2,9-10,15-16H,3-8H2. The van der Waals surface area contributed by atoms with Crippen molar-refractivity contribution in [3.05, 3.63) is 32.8 Å². The first kappa shape index (κ1) is 14.3. The molecule has 0 radical (unpaired) electrons. The van der Waals surface area contributed by atoms with Gasteiger partial charge in [0.15, 0.2) is 0 Å². The van der Waals surface area contributed by atoms with Crippen molar-refractivity contribution in [1.82, 2.24) is 5.32 Å². The zero-order valence-corrected chi connectivity index (χ0v) is 12.3. The molecule has 1 aliphatic heterocycles. The molecule has 1 aromatic rings. The fourth-order valence-electron chi connectivity index (χ4n) is 2.39. The molecule has 0 saturated carbocycles. The summed E-state index contributed by atoms with van der Waals surface area (Å²) in [6.45, 7) is 2.96. The van der Waals surface area contributed by atoms with Crippen LogP contribution in [0.25, 0.3) is 0 Å². The summed E-state index contributed by atoms with van der Waals surface area (Å²) in [5.74, 6) is 0.725. The average molecular weight is 328 g/mol. The van der Waals surface area contributed by atoms with Gasteiger partial charge in [0.05, 0.1) is 4.92 Å². The Morgan fingerprint density at radius 1 is 1.42 bits per heavy atom. The van der Waals surface area contributed by atoms with Gasteiger partial charge in [-0.05, 0) is 50.4 Å². The number of benzene rings is 1. The van der Waals surface area contributed by atoms with Crippen LogP contribution in [0.1, 0.15) is 19.3 Å². The van der Waals surface area contributed by atoms with Crippen molar-refractivity contribution in [3.8, 4) is 0 Å². The zero-order valence-electron chi connectivity index (χ0n) is 10.7. The third-order valence-corrected chi connectivity index (χ3v) is 3.98. The Labute approximate surface area is 121 Å². The van der Waals surface area contributed by atoms with Crippen molar-refractivity contribution in [3.63, 3.8) is 0 Å². The second-order valence-corrected chi connectivity index (χ2v) is 5.74. The highest BCUT2D eigenvalue weighted by Gasteiger charge is 2.15. The number of anilines is 1. The van der Waals surface area contributed by atoms with Gasteiger partial charge in [0.25, 0.3) is 5.69 Å². The maximum absolute atomic E-state index is 11.0.